The lowest BCUT2D eigenvalue weighted by Gasteiger charge is -2.07. The Morgan fingerprint density at radius 1 is 1.00 bits per heavy atom. The molecule has 0 saturated heterocycles. The second-order valence-electron chi connectivity index (χ2n) is 5.82. The molecule has 0 bridgehead atoms. The van der Waals surface area contributed by atoms with E-state index >= 15 is 0 Å². The summed E-state index contributed by atoms with van der Waals surface area (Å²) in [6.07, 6.45) is 1.54. The van der Waals surface area contributed by atoms with Gasteiger partial charge in [0.2, 0.25) is 5.13 Å². The van der Waals surface area contributed by atoms with Crippen LogP contribution in [0.15, 0.2) is 48.5 Å². The minimum absolute atomic E-state index is 0.299. The quantitative estimate of drug-likeness (QED) is 0.551. The number of carbonyl (C=O) groups excluding carboxylic acids is 1. The van der Waals surface area contributed by atoms with Crippen LogP contribution in [0.3, 0.4) is 0 Å². The number of para-hydroxylation sites is 1. The summed E-state index contributed by atoms with van der Waals surface area (Å²) in [5, 5.41) is 12.2. The van der Waals surface area contributed by atoms with Gasteiger partial charge in [-0.15, -0.1) is 10.2 Å². The number of aromatic nitrogens is 2. The number of hydrogen-bond acceptors (Lipinski definition) is 7. The van der Waals surface area contributed by atoms with E-state index in [9.17, 15) is 4.79 Å². The standard InChI is InChI=1S/C20H21N3O4S/c1-25-16-11-14(12-17(13-16)26-2)19(24)21-20-23-22-18(28-20)9-6-10-27-15-7-4-3-5-8-15/h3-5,7-8,11-13H,6,9-10H2,1-2H3,(H,21,23,24). The third-order valence-electron chi connectivity index (χ3n) is 3.85. The fourth-order valence-electron chi connectivity index (χ4n) is 2.44. The predicted octanol–water partition coefficient (Wildman–Crippen LogP) is 3.82. The van der Waals surface area contributed by atoms with Gasteiger partial charge in [0.15, 0.2) is 0 Å². The van der Waals surface area contributed by atoms with Crippen LogP contribution in [0.4, 0.5) is 5.13 Å². The van der Waals surface area contributed by atoms with Crippen LogP contribution in [0.1, 0.15) is 21.8 Å². The molecule has 28 heavy (non-hydrogen) atoms. The SMILES string of the molecule is COc1cc(OC)cc(C(=O)Nc2nnc(CCCOc3ccccc3)s2)c1. The second-order valence-corrected chi connectivity index (χ2v) is 6.88. The van der Waals surface area contributed by atoms with Crippen LogP contribution in [0, 0.1) is 0 Å². The Labute approximate surface area is 167 Å². The third-order valence-corrected chi connectivity index (χ3v) is 4.75. The Hall–Kier alpha value is -3.13. The van der Waals surface area contributed by atoms with E-state index in [0.29, 0.717) is 28.8 Å². The molecule has 1 aromatic heterocycles. The molecule has 1 heterocycles. The number of ether oxygens (including phenoxy) is 3. The lowest BCUT2D eigenvalue weighted by Crippen LogP contribution is -2.12. The van der Waals surface area contributed by atoms with Crippen LogP contribution in [0.2, 0.25) is 0 Å². The summed E-state index contributed by atoms with van der Waals surface area (Å²) in [5.41, 5.74) is 0.421. The van der Waals surface area contributed by atoms with Gasteiger partial charge in [-0.2, -0.15) is 0 Å². The van der Waals surface area contributed by atoms with E-state index < -0.39 is 0 Å². The summed E-state index contributed by atoms with van der Waals surface area (Å²) in [6.45, 7) is 0.592. The number of benzene rings is 2. The highest BCUT2D eigenvalue weighted by molar-refractivity contribution is 7.15. The zero-order valence-electron chi connectivity index (χ0n) is 15.7. The van der Waals surface area contributed by atoms with Gasteiger partial charge in [-0.25, -0.2) is 0 Å². The van der Waals surface area contributed by atoms with Crippen molar-refractivity contribution < 1.29 is 19.0 Å². The maximum atomic E-state index is 12.5. The summed E-state index contributed by atoms with van der Waals surface area (Å²) < 4.78 is 16.0. The van der Waals surface area contributed by atoms with Crippen LogP contribution >= 0.6 is 11.3 Å². The molecule has 1 N–H and O–H groups in total. The normalized spacial score (nSPS) is 10.4. The molecule has 0 spiro atoms. The Morgan fingerprint density at radius 2 is 1.71 bits per heavy atom. The molecular formula is C20H21N3O4S. The molecule has 0 unspecified atom stereocenters. The highest BCUT2D eigenvalue weighted by Crippen LogP contribution is 2.24. The van der Waals surface area contributed by atoms with E-state index in [1.54, 1.807) is 18.2 Å². The molecule has 0 aliphatic carbocycles. The number of amides is 1. The fourth-order valence-corrected chi connectivity index (χ4v) is 3.22. The van der Waals surface area contributed by atoms with Crippen molar-refractivity contribution in [2.75, 3.05) is 26.1 Å². The van der Waals surface area contributed by atoms with Crippen molar-refractivity contribution in [2.45, 2.75) is 12.8 Å². The van der Waals surface area contributed by atoms with Crippen LogP contribution in [-0.4, -0.2) is 36.9 Å². The van der Waals surface area contributed by atoms with E-state index in [2.05, 4.69) is 15.5 Å². The summed E-state index contributed by atoms with van der Waals surface area (Å²) in [4.78, 5) is 12.5. The van der Waals surface area contributed by atoms with Crippen molar-refractivity contribution >= 4 is 22.4 Å². The first kappa shape index (κ1) is 19.6. The minimum Gasteiger partial charge on any atom is -0.497 e. The maximum Gasteiger partial charge on any atom is 0.257 e. The zero-order chi connectivity index (χ0) is 19.8. The molecule has 0 saturated carbocycles. The highest BCUT2D eigenvalue weighted by atomic mass is 32.1. The number of anilines is 1. The van der Waals surface area contributed by atoms with Crippen molar-refractivity contribution in [1.29, 1.82) is 0 Å². The Morgan fingerprint density at radius 3 is 2.39 bits per heavy atom. The predicted molar refractivity (Wildman–Crippen MR) is 108 cm³/mol. The van der Waals surface area contributed by atoms with Gasteiger partial charge in [-0.3, -0.25) is 10.1 Å². The number of aryl methyl sites for hydroxylation is 1. The first-order valence-electron chi connectivity index (χ1n) is 8.72. The monoisotopic (exact) mass is 399 g/mol. The molecule has 0 aliphatic rings. The Bertz CT molecular complexity index is 893. The molecule has 3 aromatic rings. The summed E-state index contributed by atoms with van der Waals surface area (Å²) in [7, 11) is 3.07. The molecular weight excluding hydrogens is 378 g/mol. The van der Waals surface area contributed by atoms with E-state index in [4.69, 9.17) is 14.2 Å². The van der Waals surface area contributed by atoms with E-state index in [-0.39, 0.29) is 5.91 Å². The van der Waals surface area contributed by atoms with Gasteiger partial charge in [0, 0.05) is 18.1 Å². The number of rotatable bonds is 9. The number of hydrogen-bond donors (Lipinski definition) is 1. The van der Waals surface area contributed by atoms with Crippen LogP contribution in [-0.2, 0) is 6.42 Å². The largest absolute Gasteiger partial charge is 0.497 e. The van der Waals surface area contributed by atoms with Gasteiger partial charge >= 0.3 is 0 Å². The van der Waals surface area contributed by atoms with Gasteiger partial charge < -0.3 is 14.2 Å². The molecule has 0 fully saturated rings. The smallest absolute Gasteiger partial charge is 0.257 e. The average Bonchev–Trinajstić information content (AvgIpc) is 3.18. The van der Waals surface area contributed by atoms with Gasteiger partial charge in [-0.05, 0) is 30.7 Å². The zero-order valence-corrected chi connectivity index (χ0v) is 16.5. The first-order chi connectivity index (χ1) is 13.7. The van der Waals surface area contributed by atoms with E-state index in [0.717, 1.165) is 23.6 Å². The second kappa shape index (κ2) is 9.70. The van der Waals surface area contributed by atoms with Crippen LogP contribution in [0.25, 0.3) is 0 Å². The molecule has 8 heteroatoms. The topological polar surface area (TPSA) is 82.6 Å². The molecule has 1 amide bonds. The van der Waals surface area contributed by atoms with Crippen molar-refractivity contribution in [3.63, 3.8) is 0 Å². The average molecular weight is 399 g/mol. The molecule has 0 aliphatic heterocycles. The molecule has 2 aromatic carbocycles. The van der Waals surface area contributed by atoms with Gasteiger partial charge in [-0.1, -0.05) is 29.5 Å². The lowest BCUT2D eigenvalue weighted by atomic mass is 10.2. The number of carbonyl (C=O) groups is 1. The van der Waals surface area contributed by atoms with Crippen LogP contribution in [0.5, 0.6) is 17.2 Å². The molecule has 0 atom stereocenters. The highest BCUT2D eigenvalue weighted by Gasteiger charge is 2.13. The van der Waals surface area contributed by atoms with E-state index in [1.807, 2.05) is 30.3 Å². The van der Waals surface area contributed by atoms with Crippen molar-refractivity contribution in [3.05, 3.63) is 59.1 Å². The number of methoxy groups -OCH3 is 2. The molecule has 7 nitrogen and oxygen atoms in total. The first-order valence-corrected chi connectivity index (χ1v) is 9.54. The minimum atomic E-state index is -0.299. The van der Waals surface area contributed by atoms with E-state index in [1.165, 1.54) is 25.6 Å². The molecule has 0 radical (unpaired) electrons. The van der Waals surface area contributed by atoms with Crippen molar-refractivity contribution in [3.8, 4) is 17.2 Å². The van der Waals surface area contributed by atoms with Crippen molar-refractivity contribution in [2.24, 2.45) is 0 Å². The van der Waals surface area contributed by atoms with Gasteiger partial charge in [0.05, 0.1) is 20.8 Å². The van der Waals surface area contributed by atoms with Crippen LogP contribution < -0.4 is 19.5 Å². The number of nitrogens with one attached hydrogen (secondary N) is 1. The lowest BCUT2D eigenvalue weighted by molar-refractivity contribution is 0.102. The summed E-state index contributed by atoms with van der Waals surface area (Å²) >= 11 is 1.35. The van der Waals surface area contributed by atoms with Crippen molar-refractivity contribution in [1.82, 2.24) is 10.2 Å². The maximum absolute atomic E-state index is 12.5. The Balaban J connectivity index is 1.52. The fraction of sp³-hybridized carbons (Fsp3) is 0.250. The Kier molecular flexibility index (Phi) is 6.80. The van der Waals surface area contributed by atoms with Gasteiger partial charge in [0.25, 0.3) is 5.91 Å². The number of nitrogens with zero attached hydrogens (tertiary/aromatic N) is 2. The van der Waals surface area contributed by atoms with Gasteiger partial charge in [0.1, 0.15) is 22.3 Å². The molecule has 146 valence electrons. The summed E-state index contributed by atoms with van der Waals surface area (Å²) in [6, 6.07) is 14.7. The third kappa shape index (κ3) is 5.43. The summed E-state index contributed by atoms with van der Waals surface area (Å²) in [5.74, 6) is 1.63. The molecule has 3 rings (SSSR count).